The van der Waals surface area contributed by atoms with Crippen molar-refractivity contribution in [2.75, 3.05) is 44.2 Å². The highest BCUT2D eigenvalue weighted by Crippen LogP contribution is 2.34. The monoisotopic (exact) mass is 457 g/mol. The van der Waals surface area contributed by atoms with Crippen molar-refractivity contribution >= 4 is 17.1 Å². The van der Waals surface area contributed by atoms with Crippen molar-refractivity contribution in [1.82, 2.24) is 19.4 Å². The Morgan fingerprint density at radius 1 is 0.941 bits per heavy atom. The van der Waals surface area contributed by atoms with Gasteiger partial charge in [0.1, 0.15) is 0 Å². The van der Waals surface area contributed by atoms with Crippen LogP contribution in [0.5, 0.6) is 0 Å². The lowest BCUT2D eigenvalue weighted by Gasteiger charge is -2.36. The van der Waals surface area contributed by atoms with Gasteiger partial charge >= 0.3 is 0 Å². The number of carbonyl (C=O) groups excluding carboxylic acids is 1. The second-order valence-electron chi connectivity index (χ2n) is 10.6. The van der Waals surface area contributed by atoms with Gasteiger partial charge in [-0.05, 0) is 68.8 Å². The van der Waals surface area contributed by atoms with E-state index < -0.39 is 0 Å². The zero-order valence-corrected chi connectivity index (χ0v) is 20.4. The van der Waals surface area contributed by atoms with Crippen LogP contribution < -0.4 is 4.90 Å². The molecule has 0 unspecified atom stereocenters. The van der Waals surface area contributed by atoms with E-state index in [1.165, 1.54) is 41.9 Å². The maximum absolute atomic E-state index is 12.4. The van der Waals surface area contributed by atoms with Gasteiger partial charge in [-0.15, -0.1) is 0 Å². The molecule has 0 N–H and O–H groups in total. The average molecular weight is 458 g/mol. The Kier molecular flexibility index (Phi) is 5.56. The first-order valence-electron chi connectivity index (χ1n) is 12.9. The third-order valence-corrected chi connectivity index (χ3v) is 8.01. The predicted molar refractivity (Wildman–Crippen MR) is 136 cm³/mol. The van der Waals surface area contributed by atoms with Gasteiger partial charge in [0, 0.05) is 62.6 Å². The molecule has 3 aliphatic rings. The molecule has 2 aromatic heterocycles. The fraction of sp³-hybridized carbons (Fsp3) is 0.500. The number of fused-ring (bicyclic) bond motifs is 1. The number of rotatable bonds is 5. The molecule has 1 saturated carbocycles. The van der Waals surface area contributed by atoms with Crippen LogP contribution in [0.3, 0.4) is 0 Å². The third-order valence-electron chi connectivity index (χ3n) is 8.01. The summed E-state index contributed by atoms with van der Waals surface area (Å²) in [5.74, 6) is 1.31. The zero-order valence-electron chi connectivity index (χ0n) is 20.4. The number of nitrogens with zero attached hydrogens (tertiary/aromatic N) is 5. The normalized spacial score (nSPS) is 21.7. The quantitative estimate of drug-likeness (QED) is 0.574. The van der Waals surface area contributed by atoms with Crippen LogP contribution in [0.2, 0.25) is 0 Å². The maximum Gasteiger partial charge on any atom is 0.225 e. The summed E-state index contributed by atoms with van der Waals surface area (Å²) in [6.07, 6.45) is 7.43. The maximum atomic E-state index is 12.4. The van der Waals surface area contributed by atoms with Crippen LogP contribution in [0.4, 0.5) is 5.69 Å². The fourth-order valence-electron chi connectivity index (χ4n) is 5.66. The van der Waals surface area contributed by atoms with E-state index in [0.717, 1.165) is 44.5 Å². The number of benzene rings is 1. The first-order valence-corrected chi connectivity index (χ1v) is 12.9. The minimum Gasteiger partial charge on any atom is -0.366 e. The number of anilines is 1. The van der Waals surface area contributed by atoms with Gasteiger partial charge in [0.25, 0.3) is 0 Å². The van der Waals surface area contributed by atoms with E-state index >= 15 is 0 Å². The number of likely N-dealkylation sites (tertiary alicyclic amines) is 1. The summed E-state index contributed by atoms with van der Waals surface area (Å²) in [6.45, 7) is 10.3. The van der Waals surface area contributed by atoms with Crippen LogP contribution >= 0.6 is 0 Å². The first-order chi connectivity index (χ1) is 16.6. The summed E-state index contributed by atoms with van der Waals surface area (Å²) in [4.78, 5) is 19.5. The minimum absolute atomic E-state index is 0.307. The van der Waals surface area contributed by atoms with Crippen LogP contribution in [-0.4, -0.2) is 70.6 Å². The molecule has 2 saturated heterocycles. The molecule has 1 amide bonds. The van der Waals surface area contributed by atoms with Gasteiger partial charge in [-0.1, -0.05) is 24.3 Å². The number of hydrogen-bond acceptors (Lipinski definition) is 4. The number of amides is 1. The first kappa shape index (κ1) is 21.7. The number of aromatic nitrogens is 2. The van der Waals surface area contributed by atoms with Crippen LogP contribution in [0.25, 0.3) is 16.6 Å². The summed E-state index contributed by atoms with van der Waals surface area (Å²) >= 11 is 0. The second kappa shape index (κ2) is 8.73. The Morgan fingerprint density at radius 2 is 1.71 bits per heavy atom. The van der Waals surface area contributed by atoms with E-state index in [1.54, 1.807) is 0 Å². The van der Waals surface area contributed by atoms with Gasteiger partial charge in [-0.2, -0.15) is 5.10 Å². The van der Waals surface area contributed by atoms with Crippen LogP contribution in [-0.2, 0) is 4.79 Å². The molecular weight excluding hydrogens is 422 g/mol. The van der Waals surface area contributed by atoms with Crippen molar-refractivity contribution in [2.24, 2.45) is 5.92 Å². The molecule has 1 atom stereocenters. The topological polar surface area (TPSA) is 44.1 Å². The van der Waals surface area contributed by atoms with Gasteiger partial charge in [-0.25, -0.2) is 4.52 Å². The molecule has 3 aromatic rings. The summed E-state index contributed by atoms with van der Waals surface area (Å²) in [7, 11) is 0. The van der Waals surface area contributed by atoms with Crippen molar-refractivity contribution < 1.29 is 4.79 Å². The Bertz CT molecular complexity index is 1170. The van der Waals surface area contributed by atoms with E-state index in [9.17, 15) is 4.79 Å². The van der Waals surface area contributed by atoms with Crippen molar-refractivity contribution in [3.63, 3.8) is 0 Å². The van der Waals surface area contributed by atoms with Crippen molar-refractivity contribution in [3.8, 4) is 11.1 Å². The average Bonchev–Trinajstić information content (AvgIpc) is 3.42. The molecule has 178 valence electrons. The Balaban J connectivity index is 1.19. The molecule has 3 fully saturated rings. The molecule has 6 nitrogen and oxygen atoms in total. The van der Waals surface area contributed by atoms with Crippen LogP contribution in [0.15, 0.2) is 48.8 Å². The van der Waals surface area contributed by atoms with Gasteiger partial charge in [0.2, 0.25) is 5.91 Å². The molecule has 0 spiro atoms. The van der Waals surface area contributed by atoms with Crippen LogP contribution in [0.1, 0.15) is 44.6 Å². The van der Waals surface area contributed by atoms with Gasteiger partial charge in [-0.3, -0.25) is 4.79 Å². The standard InChI is InChI=1S/C28H35N5O/c1-20(2)32-12-10-24(18-32)21-3-5-22(6-4-21)25-17-27-26(9-11-29-33(27)19-25)30-13-15-31(16-14-30)28(34)23-7-8-23/h3-6,9,11,17,19-20,23-24H,7-8,10,12-16,18H2,1-2H3/t24-/m0/s1. The summed E-state index contributed by atoms with van der Waals surface area (Å²) in [6, 6.07) is 14.2. The molecule has 2 aliphatic heterocycles. The lowest BCUT2D eigenvalue weighted by atomic mass is 9.96. The van der Waals surface area contributed by atoms with Gasteiger partial charge in [0.05, 0.1) is 11.2 Å². The molecule has 1 aliphatic carbocycles. The van der Waals surface area contributed by atoms with Crippen molar-refractivity contribution in [3.05, 3.63) is 54.4 Å². The largest absolute Gasteiger partial charge is 0.366 e. The van der Waals surface area contributed by atoms with Gasteiger partial charge in [0.15, 0.2) is 0 Å². The molecule has 0 radical (unpaired) electrons. The summed E-state index contributed by atoms with van der Waals surface area (Å²) in [5, 5.41) is 4.58. The van der Waals surface area contributed by atoms with Crippen molar-refractivity contribution in [1.29, 1.82) is 0 Å². The number of hydrogen-bond donors (Lipinski definition) is 0. The molecule has 4 heterocycles. The lowest BCUT2D eigenvalue weighted by molar-refractivity contribution is -0.132. The lowest BCUT2D eigenvalue weighted by Crippen LogP contribution is -2.49. The van der Waals surface area contributed by atoms with Crippen LogP contribution in [0, 0.1) is 5.92 Å². The van der Waals surface area contributed by atoms with E-state index in [-0.39, 0.29) is 0 Å². The molecule has 6 rings (SSSR count). The molecule has 34 heavy (non-hydrogen) atoms. The number of carbonyl (C=O) groups is 1. The highest BCUT2D eigenvalue weighted by Gasteiger charge is 2.34. The summed E-state index contributed by atoms with van der Waals surface area (Å²) in [5.41, 5.74) is 6.22. The van der Waals surface area contributed by atoms with E-state index in [2.05, 4.69) is 76.2 Å². The van der Waals surface area contributed by atoms with Crippen molar-refractivity contribution in [2.45, 2.75) is 45.1 Å². The third kappa shape index (κ3) is 4.09. The molecule has 1 aromatic carbocycles. The highest BCUT2D eigenvalue weighted by molar-refractivity contribution is 5.82. The smallest absolute Gasteiger partial charge is 0.225 e. The van der Waals surface area contributed by atoms with Gasteiger partial charge < -0.3 is 14.7 Å². The van der Waals surface area contributed by atoms with E-state index in [4.69, 9.17) is 0 Å². The highest BCUT2D eigenvalue weighted by atomic mass is 16.2. The zero-order chi connectivity index (χ0) is 23.2. The number of piperazine rings is 1. The van der Waals surface area contributed by atoms with E-state index in [1.807, 2.05) is 10.7 Å². The second-order valence-corrected chi connectivity index (χ2v) is 10.6. The van der Waals surface area contributed by atoms with E-state index in [0.29, 0.717) is 23.8 Å². The Labute approximate surface area is 202 Å². The predicted octanol–water partition coefficient (Wildman–Crippen LogP) is 4.26. The Morgan fingerprint density at radius 3 is 2.38 bits per heavy atom. The SMILES string of the molecule is CC(C)N1CC[C@H](c2ccc(-c3cc4c(N5CCN(C(=O)C6CC6)CC5)ccnn4c3)cc2)C1. The minimum atomic E-state index is 0.307. The molecular formula is C28H35N5O. The fourth-order valence-corrected chi connectivity index (χ4v) is 5.66. The molecule has 6 heteroatoms. The Hall–Kier alpha value is -2.86. The summed E-state index contributed by atoms with van der Waals surface area (Å²) < 4.78 is 2.00. The molecule has 0 bridgehead atoms.